The average molecular weight is 547 g/mol. The molecule has 10 heteroatoms. The molecule has 200 valence electrons. The fourth-order valence-corrected chi connectivity index (χ4v) is 6.44. The van der Waals surface area contributed by atoms with Crippen LogP contribution in [0.15, 0.2) is 30.0 Å². The van der Waals surface area contributed by atoms with E-state index >= 15 is 0 Å². The zero-order valence-corrected chi connectivity index (χ0v) is 22.2. The number of carbonyl (C=O) groups is 2. The lowest BCUT2D eigenvalue weighted by atomic mass is 9.79. The van der Waals surface area contributed by atoms with Gasteiger partial charge < -0.3 is 29.8 Å². The first-order chi connectivity index (χ1) is 18.9. The quantitative estimate of drug-likeness (QED) is 0.411. The Morgan fingerprint density at radius 2 is 1.92 bits per heavy atom. The number of methoxy groups -OCH3 is 1. The summed E-state index contributed by atoms with van der Waals surface area (Å²) in [4.78, 5) is 33.9. The summed E-state index contributed by atoms with van der Waals surface area (Å²) in [6.07, 6.45) is 3.41. The molecule has 1 fully saturated rings. The fraction of sp³-hybridized carbons (Fsp3) is 0.345. The van der Waals surface area contributed by atoms with E-state index in [1.54, 1.807) is 4.90 Å². The standard InChI is InChI=1S/C29H27ClN4O5/c1-38-29(37)31-12-23(36)34-6-2-3-20(34)28-32-26(27(30)33-28)17-8-15-5-4-14-7-16(19-11-21(19)35)9-18-13-39-22(10-17)25(15)24(14)18/h7-10,20,35H,2-6,11-13H2,1H3,(H,31,37)(H,32,33). The molecule has 0 radical (unpaired) electrons. The molecule has 1 saturated heterocycles. The minimum atomic E-state index is -0.643. The molecule has 0 saturated carbocycles. The van der Waals surface area contributed by atoms with Crippen molar-refractivity contribution in [2.75, 3.05) is 20.2 Å². The van der Waals surface area contributed by atoms with Gasteiger partial charge in [0.15, 0.2) is 5.15 Å². The number of H-pyrrole nitrogens is 1. The second kappa shape index (κ2) is 9.05. The molecule has 3 N–H and O–H groups in total. The van der Waals surface area contributed by atoms with Crippen LogP contribution < -0.4 is 10.1 Å². The van der Waals surface area contributed by atoms with Crippen LogP contribution in [-0.2, 0) is 29.0 Å². The summed E-state index contributed by atoms with van der Waals surface area (Å²) in [7, 11) is 1.26. The fourth-order valence-electron chi connectivity index (χ4n) is 6.19. The van der Waals surface area contributed by atoms with Crippen molar-refractivity contribution in [2.24, 2.45) is 0 Å². The van der Waals surface area contributed by atoms with E-state index in [9.17, 15) is 14.7 Å². The monoisotopic (exact) mass is 546 g/mol. The van der Waals surface area contributed by atoms with Crippen LogP contribution in [0.4, 0.5) is 4.79 Å². The van der Waals surface area contributed by atoms with Crippen molar-refractivity contribution >= 4 is 29.2 Å². The van der Waals surface area contributed by atoms with E-state index in [0.717, 1.165) is 59.3 Å². The third kappa shape index (κ3) is 4.03. The summed E-state index contributed by atoms with van der Waals surface area (Å²) in [5, 5.41) is 12.6. The highest BCUT2D eigenvalue weighted by molar-refractivity contribution is 6.32. The Bertz CT molecular complexity index is 1540. The summed E-state index contributed by atoms with van der Waals surface area (Å²) in [6, 6.07) is 8.29. The number of aromatic amines is 1. The van der Waals surface area contributed by atoms with Crippen LogP contribution in [0.25, 0.3) is 28.0 Å². The van der Waals surface area contributed by atoms with Gasteiger partial charge in [0.25, 0.3) is 0 Å². The number of aryl methyl sites for hydroxylation is 2. The molecule has 0 spiro atoms. The van der Waals surface area contributed by atoms with Gasteiger partial charge in [-0.2, -0.15) is 0 Å². The van der Waals surface area contributed by atoms with Crippen molar-refractivity contribution in [2.45, 2.75) is 44.8 Å². The lowest BCUT2D eigenvalue weighted by Crippen LogP contribution is -2.40. The first-order valence-corrected chi connectivity index (χ1v) is 13.5. The second-order valence-corrected chi connectivity index (χ2v) is 10.8. The number of hydrogen-bond acceptors (Lipinski definition) is 6. The number of ether oxygens (including phenoxy) is 2. The van der Waals surface area contributed by atoms with E-state index in [4.69, 9.17) is 16.3 Å². The molecule has 4 aliphatic rings. The van der Waals surface area contributed by atoms with Crippen molar-refractivity contribution in [1.82, 2.24) is 20.2 Å². The molecule has 1 aromatic heterocycles. The number of alkyl carbamates (subject to hydrolysis) is 1. The van der Waals surface area contributed by atoms with E-state index < -0.39 is 6.09 Å². The number of likely N-dealkylation sites (tertiary alicyclic amines) is 1. The van der Waals surface area contributed by atoms with Gasteiger partial charge in [0.2, 0.25) is 5.91 Å². The van der Waals surface area contributed by atoms with E-state index in [-0.39, 0.29) is 18.5 Å². The number of imidazole rings is 1. The van der Waals surface area contributed by atoms with Gasteiger partial charge >= 0.3 is 6.09 Å². The summed E-state index contributed by atoms with van der Waals surface area (Å²) in [5.41, 5.74) is 9.79. The number of aliphatic hydroxyl groups excluding tert-OH is 1. The Hall–Kier alpha value is -3.98. The van der Waals surface area contributed by atoms with Crippen molar-refractivity contribution in [3.8, 4) is 28.1 Å². The third-order valence-corrected chi connectivity index (χ3v) is 8.40. The topological polar surface area (TPSA) is 117 Å². The number of aliphatic hydroxyl groups is 1. The number of nitrogens with one attached hydrogen (secondary N) is 2. The Kier molecular flexibility index (Phi) is 5.59. The van der Waals surface area contributed by atoms with Gasteiger partial charge in [0.05, 0.1) is 18.8 Å². The van der Waals surface area contributed by atoms with Gasteiger partial charge in [-0.05, 0) is 71.7 Å². The number of amides is 2. The molecule has 9 nitrogen and oxygen atoms in total. The lowest BCUT2D eigenvalue weighted by molar-refractivity contribution is -0.131. The molecule has 0 bridgehead atoms. The molecular formula is C29H27ClN4O5. The minimum Gasteiger partial charge on any atom is -0.512 e. The van der Waals surface area contributed by atoms with Crippen LogP contribution in [-0.4, -0.2) is 52.2 Å². The van der Waals surface area contributed by atoms with Crippen LogP contribution >= 0.6 is 11.6 Å². The molecule has 39 heavy (non-hydrogen) atoms. The van der Waals surface area contributed by atoms with Crippen LogP contribution in [0.5, 0.6) is 5.75 Å². The first-order valence-electron chi connectivity index (χ1n) is 13.2. The average Bonchev–Trinajstić information content (AvgIpc) is 3.31. The molecule has 2 aromatic carbocycles. The highest BCUT2D eigenvalue weighted by Gasteiger charge is 2.34. The number of carbonyl (C=O) groups excluding carboxylic acids is 2. The SMILES string of the molecule is COC(=O)NCC(=O)N1CCCC1c1nc(Cl)c(-c2cc3c4c(c2)OCc2cc(C5=C(O)C5)cc(c2-4)CC3)[nH]1. The maximum Gasteiger partial charge on any atom is 0.407 e. The largest absolute Gasteiger partial charge is 0.512 e. The van der Waals surface area contributed by atoms with Crippen molar-refractivity contribution in [1.29, 1.82) is 0 Å². The van der Waals surface area contributed by atoms with Crippen LogP contribution in [0.1, 0.15) is 53.4 Å². The zero-order valence-electron chi connectivity index (χ0n) is 21.4. The predicted octanol–water partition coefficient (Wildman–Crippen LogP) is 5.08. The molecule has 2 amide bonds. The maximum absolute atomic E-state index is 12.8. The smallest absolute Gasteiger partial charge is 0.407 e. The van der Waals surface area contributed by atoms with Crippen molar-refractivity contribution in [3.05, 3.63) is 63.3 Å². The van der Waals surface area contributed by atoms with E-state index in [1.165, 1.54) is 23.8 Å². The van der Waals surface area contributed by atoms with Crippen LogP contribution in [0.2, 0.25) is 5.15 Å². The normalized spacial score (nSPS) is 18.5. The van der Waals surface area contributed by atoms with Gasteiger partial charge in [-0.15, -0.1) is 0 Å². The first kappa shape index (κ1) is 24.1. The number of aromatic nitrogens is 2. The van der Waals surface area contributed by atoms with Gasteiger partial charge in [-0.25, -0.2) is 9.78 Å². The van der Waals surface area contributed by atoms with Gasteiger partial charge in [-0.3, -0.25) is 4.79 Å². The zero-order chi connectivity index (χ0) is 26.8. The molecule has 2 aliphatic heterocycles. The molecule has 1 atom stereocenters. The summed E-state index contributed by atoms with van der Waals surface area (Å²) in [6.45, 7) is 0.914. The number of hydrogen-bond donors (Lipinski definition) is 3. The highest BCUT2D eigenvalue weighted by atomic mass is 35.5. The number of nitrogens with zero attached hydrogens (tertiary/aromatic N) is 2. The summed E-state index contributed by atoms with van der Waals surface area (Å²) in [5.74, 6) is 1.74. The number of allylic oxidation sites excluding steroid dienone is 2. The lowest BCUT2D eigenvalue weighted by Gasteiger charge is -2.30. The molecule has 3 heterocycles. The highest BCUT2D eigenvalue weighted by Crippen LogP contribution is 2.50. The Morgan fingerprint density at radius 1 is 1.18 bits per heavy atom. The van der Waals surface area contributed by atoms with Crippen molar-refractivity contribution < 1.29 is 24.2 Å². The Labute approximate surface area is 229 Å². The molecule has 2 aliphatic carbocycles. The number of halogens is 1. The molecule has 3 aromatic rings. The van der Waals surface area contributed by atoms with E-state index in [1.807, 2.05) is 6.07 Å². The summed E-state index contributed by atoms with van der Waals surface area (Å²) < 4.78 is 10.8. The van der Waals surface area contributed by atoms with E-state index in [2.05, 4.69) is 38.2 Å². The van der Waals surface area contributed by atoms with Gasteiger partial charge in [-0.1, -0.05) is 17.7 Å². The minimum absolute atomic E-state index is 0.139. The van der Waals surface area contributed by atoms with Gasteiger partial charge in [0, 0.05) is 29.7 Å². The number of rotatable bonds is 5. The molecule has 7 rings (SSSR count). The van der Waals surface area contributed by atoms with Gasteiger partial charge in [0.1, 0.15) is 30.5 Å². The third-order valence-electron chi connectivity index (χ3n) is 8.12. The maximum atomic E-state index is 12.8. The Balaban J connectivity index is 1.19. The molecular weight excluding hydrogens is 520 g/mol. The van der Waals surface area contributed by atoms with Crippen LogP contribution in [0, 0.1) is 0 Å². The number of benzene rings is 2. The molecule has 1 unspecified atom stereocenters. The summed E-state index contributed by atoms with van der Waals surface area (Å²) >= 11 is 6.66. The predicted molar refractivity (Wildman–Crippen MR) is 144 cm³/mol. The van der Waals surface area contributed by atoms with E-state index in [0.29, 0.717) is 42.0 Å². The van der Waals surface area contributed by atoms with Crippen molar-refractivity contribution in [3.63, 3.8) is 0 Å². The Morgan fingerprint density at radius 3 is 2.69 bits per heavy atom. The van der Waals surface area contributed by atoms with Crippen LogP contribution in [0.3, 0.4) is 0 Å². The second-order valence-electron chi connectivity index (χ2n) is 10.4.